The first-order valence-electron chi connectivity index (χ1n) is 7.15. The Kier molecular flexibility index (Phi) is 3.82. The van der Waals surface area contributed by atoms with E-state index in [1.165, 1.54) is 0 Å². The Morgan fingerprint density at radius 2 is 1.95 bits per heavy atom. The first kappa shape index (κ1) is 13.9. The topological polar surface area (TPSA) is 41.6 Å². The van der Waals surface area contributed by atoms with E-state index in [0.717, 1.165) is 37.3 Å². The second kappa shape index (κ2) is 5.76. The van der Waals surface area contributed by atoms with Gasteiger partial charge in [0, 0.05) is 26.2 Å². The van der Waals surface area contributed by atoms with E-state index in [4.69, 9.17) is 10.8 Å². The van der Waals surface area contributed by atoms with Crippen LogP contribution in [0.2, 0.25) is 0 Å². The zero-order chi connectivity index (χ0) is 14.8. The third-order valence-electron chi connectivity index (χ3n) is 3.94. The zero-order valence-corrected chi connectivity index (χ0v) is 12.2. The summed E-state index contributed by atoms with van der Waals surface area (Å²) in [7, 11) is 0. The molecule has 110 valence electrons. The van der Waals surface area contributed by atoms with E-state index in [9.17, 15) is 4.79 Å². The molecule has 1 fully saturated rings. The first-order valence-corrected chi connectivity index (χ1v) is 7.15. The number of hydrogen-bond donors (Lipinski definition) is 0. The number of hydrogen-bond acceptors (Lipinski definition) is 4. The van der Waals surface area contributed by atoms with E-state index in [2.05, 4.69) is 15.7 Å². The summed E-state index contributed by atoms with van der Waals surface area (Å²) >= 11 is 0. The molecule has 0 amide bonds. The van der Waals surface area contributed by atoms with Crippen LogP contribution in [0.4, 0.5) is 0 Å². The molecule has 5 nitrogen and oxygen atoms in total. The summed E-state index contributed by atoms with van der Waals surface area (Å²) in [4.78, 5) is 16.5. The number of piperazine rings is 1. The van der Waals surface area contributed by atoms with Crippen LogP contribution in [0.15, 0.2) is 27.4 Å². The van der Waals surface area contributed by atoms with Gasteiger partial charge in [-0.1, -0.05) is 12.0 Å². The van der Waals surface area contributed by atoms with Gasteiger partial charge >= 0.3 is 5.76 Å². The Bertz CT molecular complexity index is 730. The fraction of sp³-hybridized carbons (Fsp3) is 0.438. The Labute approximate surface area is 123 Å². The van der Waals surface area contributed by atoms with Gasteiger partial charge in [0.25, 0.3) is 0 Å². The Hall–Kier alpha value is -2.03. The van der Waals surface area contributed by atoms with Crippen molar-refractivity contribution in [2.45, 2.75) is 13.6 Å². The smallest absolute Gasteiger partial charge is 0.408 e. The molecule has 0 saturated carbocycles. The largest absolute Gasteiger partial charge is 0.421 e. The Morgan fingerprint density at radius 1 is 1.24 bits per heavy atom. The lowest BCUT2D eigenvalue weighted by Crippen LogP contribution is -2.47. The highest BCUT2D eigenvalue weighted by Crippen LogP contribution is 2.15. The fourth-order valence-corrected chi connectivity index (χ4v) is 2.72. The molecule has 5 heteroatoms. The lowest BCUT2D eigenvalue weighted by Gasteiger charge is -2.33. The van der Waals surface area contributed by atoms with E-state index in [1.807, 2.05) is 25.1 Å². The van der Waals surface area contributed by atoms with Crippen molar-refractivity contribution >= 4 is 11.1 Å². The van der Waals surface area contributed by atoms with Crippen LogP contribution < -0.4 is 5.76 Å². The van der Waals surface area contributed by atoms with Crippen molar-refractivity contribution in [1.82, 2.24) is 14.4 Å². The molecule has 2 aromatic rings. The van der Waals surface area contributed by atoms with E-state index in [1.54, 1.807) is 4.57 Å². The average molecular weight is 285 g/mol. The predicted octanol–water partition coefficient (Wildman–Crippen LogP) is 1.11. The molecule has 0 radical (unpaired) electrons. The van der Waals surface area contributed by atoms with Gasteiger partial charge in [0.1, 0.15) is 0 Å². The van der Waals surface area contributed by atoms with Crippen LogP contribution in [0.25, 0.3) is 11.1 Å². The van der Waals surface area contributed by atoms with Crippen LogP contribution in [-0.4, -0.2) is 47.1 Å². The summed E-state index contributed by atoms with van der Waals surface area (Å²) in [5, 5.41) is 0. The molecule has 1 aliphatic rings. The third-order valence-corrected chi connectivity index (χ3v) is 3.94. The summed E-state index contributed by atoms with van der Waals surface area (Å²) in [6.07, 6.45) is 5.34. The average Bonchev–Trinajstić information content (AvgIpc) is 2.77. The van der Waals surface area contributed by atoms with Crippen LogP contribution >= 0.6 is 0 Å². The number of oxazole rings is 1. The van der Waals surface area contributed by atoms with Gasteiger partial charge in [0.05, 0.1) is 18.7 Å². The maximum atomic E-state index is 12.0. The van der Waals surface area contributed by atoms with Gasteiger partial charge in [-0.25, -0.2) is 4.79 Å². The molecule has 1 aliphatic heterocycles. The SMILES string of the molecule is C#CCN1CCN(Cn2c(=O)oc3ccc(C)cc32)CC1. The van der Waals surface area contributed by atoms with Crippen molar-refractivity contribution in [3.8, 4) is 12.3 Å². The number of fused-ring (bicyclic) bond motifs is 1. The normalized spacial score (nSPS) is 17.1. The second-order valence-electron chi connectivity index (χ2n) is 5.51. The number of aromatic nitrogens is 1. The molecule has 0 bridgehead atoms. The van der Waals surface area contributed by atoms with Gasteiger partial charge in [0.15, 0.2) is 5.58 Å². The third kappa shape index (κ3) is 2.87. The molecular weight excluding hydrogens is 266 g/mol. The highest BCUT2D eigenvalue weighted by molar-refractivity contribution is 5.73. The minimum absolute atomic E-state index is 0.290. The standard InChI is InChI=1S/C16H19N3O2/c1-3-6-17-7-9-18(10-8-17)12-19-14-11-13(2)4-5-15(14)21-16(19)20/h1,4-5,11H,6-10,12H2,2H3. The van der Waals surface area contributed by atoms with Crippen LogP contribution in [0.5, 0.6) is 0 Å². The quantitative estimate of drug-likeness (QED) is 0.792. The van der Waals surface area contributed by atoms with Crippen molar-refractivity contribution in [2.75, 3.05) is 32.7 Å². The summed E-state index contributed by atoms with van der Waals surface area (Å²) in [5.74, 6) is 2.38. The fourth-order valence-electron chi connectivity index (χ4n) is 2.72. The number of terminal acetylenes is 1. The molecule has 0 atom stereocenters. The molecule has 0 spiro atoms. The maximum Gasteiger partial charge on any atom is 0.421 e. The van der Waals surface area contributed by atoms with Gasteiger partial charge in [-0.15, -0.1) is 6.42 Å². The van der Waals surface area contributed by atoms with E-state index in [-0.39, 0.29) is 5.76 Å². The van der Waals surface area contributed by atoms with E-state index in [0.29, 0.717) is 18.8 Å². The van der Waals surface area contributed by atoms with E-state index >= 15 is 0 Å². The molecule has 0 N–H and O–H groups in total. The lowest BCUT2D eigenvalue weighted by molar-refractivity contribution is 0.115. The molecule has 0 aliphatic carbocycles. The van der Waals surface area contributed by atoms with Crippen molar-refractivity contribution in [3.63, 3.8) is 0 Å². The number of aryl methyl sites for hydroxylation is 1. The van der Waals surface area contributed by atoms with Crippen LogP contribution in [0.1, 0.15) is 5.56 Å². The van der Waals surface area contributed by atoms with Gasteiger partial charge in [-0.05, 0) is 24.6 Å². The molecule has 2 heterocycles. The maximum absolute atomic E-state index is 12.0. The molecule has 1 aromatic carbocycles. The highest BCUT2D eigenvalue weighted by Gasteiger charge is 2.18. The van der Waals surface area contributed by atoms with Crippen molar-refractivity contribution in [2.24, 2.45) is 0 Å². The predicted molar refractivity (Wildman–Crippen MR) is 82.1 cm³/mol. The first-order chi connectivity index (χ1) is 10.2. The molecule has 3 rings (SSSR count). The number of nitrogens with zero attached hydrogens (tertiary/aromatic N) is 3. The lowest BCUT2D eigenvalue weighted by atomic mass is 10.2. The monoisotopic (exact) mass is 285 g/mol. The van der Waals surface area contributed by atoms with Crippen molar-refractivity contribution < 1.29 is 4.42 Å². The van der Waals surface area contributed by atoms with Gasteiger partial charge in [0.2, 0.25) is 0 Å². The van der Waals surface area contributed by atoms with Gasteiger partial charge in [-0.3, -0.25) is 14.4 Å². The molecule has 0 unspecified atom stereocenters. The van der Waals surface area contributed by atoms with Crippen LogP contribution in [0, 0.1) is 19.3 Å². The highest BCUT2D eigenvalue weighted by atomic mass is 16.4. The molecule has 1 aromatic heterocycles. The summed E-state index contributed by atoms with van der Waals surface area (Å²) in [5.41, 5.74) is 2.64. The minimum atomic E-state index is -0.290. The second-order valence-corrected chi connectivity index (χ2v) is 5.51. The number of rotatable bonds is 3. The summed E-state index contributed by atoms with van der Waals surface area (Å²) in [6, 6.07) is 5.80. The Morgan fingerprint density at radius 3 is 2.67 bits per heavy atom. The zero-order valence-electron chi connectivity index (χ0n) is 12.2. The van der Waals surface area contributed by atoms with Crippen molar-refractivity contribution in [3.05, 3.63) is 34.3 Å². The van der Waals surface area contributed by atoms with Gasteiger partial charge in [-0.2, -0.15) is 0 Å². The van der Waals surface area contributed by atoms with Gasteiger partial charge < -0.3 is 4.42 Å². The number of benzene rings is 1. The van der Waals surface area contributed by atoms with Crippen LogP contribution in [-0.2, 0) is 6.67 Å². The minimum Gasteiger partial charge on any atom is -0.408 e. The Balaban J connectivity index is 1.77. The summed E-state index contributed by atoms with van der Waals surface area (Å²) in [6.45, 7) is 6.97. The molecule has 21 heavy (non-hydrogen) atoms. The van der Waals surface area contributed by atoms with E-state index < -0.39 is 0 Å². The molecular formula is C16H19N3O2. The van der Waals surface area contributed by atoms with Crippen molar-refractivity contribution in [1.29, 1.82) is 0 Å². The van der Waals surface area contributed by atoms with Crippen LogP contribution in [0.3, 0.4) is 0 Å². The summed E-state index contributed by atoms with van der Waals surface area (Å²) < 4.78 is 7.01. The molecule has 1 saturated heterocycles.